The zero-order valence-corrected chi connectivity index (χ0v) is 14.5. The van der Waals surface area contributed by atoms with Gasteiger partial charge in [0.1, 0.15) is 5.75 Å². The molecular weight excluding hydrogens is 354 g/mol. The summed E-state index contributed by atoms with van der Waals surface area (Å²) >= 11 is 3.48. The minimum atomic E-state index is 0.0421. The second-order valence-corrected chi connectivity index (χ2v) is 6.69. The fraction of sp³-hybridized carbons (Fsp3) is 0.316. The predicted octanol–water partition coefficient (Wildman–Crippen LogP) is 4.41. The van der Waals surface area contributed by atoms with Crippen molar-refractivity contribution in [2.45, 2.75) is 31.7 Å². The van der Waals surface area contributed by atoms with Crippen LogP contribution in [0.25, 0.3) is 0 Å². The predicted molar refractivity (Wildman–Crippen MR) is 94.5 cm³/mol. The highest BCUT2D eigenvalue weighted by molar-refractivity contribution is 9.10. The van der Waals surface area contributed by atoms with E-state index in [1.807, 2.05) is 36.4 Å². The molecule has 0 bridgehead atoms. The van der Waals surface area contributed by atoms with Crippen molar-refractivity contribution in [3.05, 3.63) is 64.1 Å². The molecule has 0 aliphatic carbocycles. The maximum absolute atomic E-state index is 12.2. The van der Waals surface area contributed by atoms with Crippen molar-refractivity contribution in [3.63, 3.8) is 0 Å². The molecule has 1 unspecified atom stereocenters. The fourth-order valence-electron chi connectivity index (χ4n) is 2.88. The molecule has 0 radical (unpaired) electrons. The largest absolute Gasteiger partial charge is 0.493 e. The Labute approximate surface area is 145 Å². The molecule has 0 fully saturated rings. The van der Waals surface area contributed by atoms with E-state index < -0.39 is 0 Å². The third-order valence-electron chi connectivity index (χ3n) is 4.06. The van der Waals surface area contributed by atoms with Crippen LogP contribution in [0.5, 0.6) is 5.75 Å². The van der Waals surface area contributed by atoms with Crippen molar-refractivity contribution in [3.8, 4) is 5.75 Å². The Hall–Kier alpha value is -1.81. The van der Waals surface area contributed by atoms with Crippen molar-refractivity contribution < 1.29 is 9.53 Å². The Morgan fingerprint density at radius 3 is 2.87 bits per heavy atom. The van der Waals surface area contributed by atoms with Gasteiger partial charge in [0.25, 0.3) is 0 Å². The lowest BCUT2D eigenvalue weighted by atomic mass is 10.00. The molecule has 1 amide bonds. The molecule has 0 spiro atoms. The Kier molecular flexibility index (Phi) is 5.34. The summed E-state index contributed by atoms with van der Waals surface area (Å²) in [6.45, 7) is 0.642. The topological polar surface area (TPSA) is 38.3 Å². The van der Waals surface area contributed by atoms with Gasteiger partial charge in [0.15, 0.2) is 0 Å². The molecule has 0 aromatic heterocycles. The van der Waals surface area contributed by atoms with Gasteiger partial charge in [-0.15, -0.1) is 0 Å². The van der Waals surface area contributed by atoms with E-state index in [2.05, 4.69) is 33.4 Å². The lowest BCUT2D eigenvalue weighted by Crippen LogP contribution is -2.32. The molecule has 3 rings (SSSR count). The van der Waals surface area contributed by atoms with Crippen LogP contribution < -0.4 is 10.1 Å². The maximum Gasteiger partial charge on any atom is 0.220 e. The summed E-state index contributed by atoms with van der Waals surface area (Å²) < 4.78 is 6.66. The molecule has 1 heterocycles. The number of fused-ring (bicyclic) bond motifs is 1. The lowest BCUT2D eigenvalue weighted by molar-refractivity contribution is -0.122. The molecule has 1 atom stereocenters. The van der Waals surface area contributed by atoms with E-state index >= 15 is 0 Å². The van der Waals surface area contributed by atoms with Crippen molar-refractivity contribution in [2.75, 3.05) is 6.61 Å². The summed E-state index contributed by atoms with van der Waals surface area (Å²) in [4.78, 5) is 12.2. The van der Waals surface area contributed by atoms with Gasteiger partial charge in [-0.3, -0.25) is 4.79 Å². The van der Waals surface area contributed by atoms with E-state index in [0.717, 1.165) is 35.0 Å². The van der Waals surface area contributed by atoms with Crippen LogP contribution in [-0.4, -0.2) is 12.5 Å². The standard InChI is InChI=1S/C19H20BrNO2/c20-15-9-10-18-16(13-15)17(11-12-23-18)21-19(22)8-4-7-14-5-2-1-3-6-14/h1-3,5-6,9-10,13,17H,4,7-8,11-12H2,(H,21,22). The van der Waals surface area contributed by atoms with Crippen molar-refractivity contribution >= 4 is 21.8 Å². The van der Waals surface area contributed by atoms with E-state index in [9.17, 15) is 4.79 Å². The summed E-state index contributed by atoms with van der Waals surface area (Å²) in [7, 11) is 0. The van der Waals surface area contributed by atoms with Crippen LogP contribution in [0, 0.1) is 0 Å². The van der Waals surface area contributed by atoms with Crippen molar-refractivity contribution in [2.24, 2.45) is 0 Å². The highest BCUT2D eigenvalue weighted by atomic mass is 79.9. The van der Waals surface area contributed by atoms with Gasteiger partial charge in [0, 0.05) is 22.9 Å². The normalized spacial score (nSPS) is 16.3. The van der Waals surface area contributed by atoms with Gasteiger partial charge in [0.2, 0.25) is 5.91 Å². The molecular formula is C19H20BrNO2. The zero-order valence-electron chi connectivity index (χ0n) is 12.9. The monoisotopic (exact) mass is 373 g/mol. The summed E-state index contributed by atoms with van der Waals surface area (Å²) in [5, 5.41) is 3.15. The Morgan fingerprint density at radius 1 is 1.22 bits per heavy atom. The number of amides is 1. The number of carbonyl (C=O) groups is 1. The molecule has 120 valence electrons. The number of ether oxygens (including phenoxy) is 1. The number of carbonyl (C=O) groups excluding carboxylic acids is 1. The van der Waals surface area contributed by atoms with Gasteiger partial charge in [-0.05, 0) is 36.6 Å². The number of nitrogens with one attached hydrogen (secondary N) is 1. The van der Waals surface area contributed by atoms with Gasteiger partial charge in [0.05, 0.1) is 12.6 Å². The molecule has 23 heavy (non-hydrogen) atoms. The molecule has 4 heteroatoms. The fourth-order valence-corrected chi connectivity index (χ4v) is 3.26. The molecule has 1 N–H and O–H groups in total. The third kappa shape index (κ3) is 4.35. The molecule has 0 saturated carbocycles. The Morgan fingerprint density at radius 2 is 2.04 bits per heavy atom. The molecule has 3 nitrogen and oxygen atoms in total. The number of aryl methyl sites for hydroxylation is 1. The first-order chi connectivity index (χ1) is 11.2. The SMILES string of the molecule is O=C(CCCc1ccccc1)NC1CCOc2ccc(Br)cc21. The first kappa shape index (κ1) is 16.1. The summed E-state index contributed by atoms with van der Waals surface area (Å²) in [5.74, 6) is 0.979. The van der Waals surface area contributed by atoms with Crippen LogP contribution in [0.2, 0.25) is 0 Å². The van der Waals surface area contributed by atoms with Crippen LogP contribution in [0.15, 0.2) is 53.0 Å². The zero-order chi connectivity index (χ0) is 16.1. The minimum absolute atomic E-state index is 0.0421. The number of benzene rings is 2. The first-order valence-corrected chi connectivity index (χ1v) is 8.77. The van der Waals surface area contributed by atoms with Gasteiger partial charge < -0.3 is 10.1 Å². The highest BCUT2D eigenvalue weighted by Crippen LogP contribution is 2.34. The number of hydrogen-bond acceptors (Lipinski definition) is 2. The van der Waals surface area contributed by atoms with E-state index in [1.165, 1.54) is 5.56 Å². The van der Waals surface area contributed by atoms with Gasteiger partial charge in [-0.2, -0.15) is 0 Å². The summed E-state index contributed by atoms with van der Waals surface area (Å²) in [6.07, 6.45) is 3.16. The average molecular weight is 374 g/mol. The van der Waals surface area contributed by atoms with Gasteiger partial charge in [-0.25, -0.2) is 0 Å². The minimum Gasteiger partial charge on any atom is -0.493 e. The Bertz CT molecular complexity index is 672. The quantitative estimate of drug-likeness (QED) is 0.842. The van der Waals surface area contributed by atoms with E-state index in [4.69, 9.17) is 4.74 Å². The number of halogens is 1. The van der Waals surface area contributed by atoms with Crippen molar-refractivity contribution in [1.82, 2.24) is 5.32 Å². The first-order valence-electron chi connectivity index (χ1n) is 7.98. The van der Waals surface area contributed by atoms with Crippen LogP contribution in [0.4, 0.5) is 0 Å². The summed E-state index contributed by atoms with van der Waals surface area (Å²) in [5.41, 5.74) is 2.34. The van der Waals surface area contributed by atoms with E-state index in [-0.39, 0.29) is 11.9 Å². The average Bonchev–Trinajstić information content (AvgIpc) is 2.56. The smallest absolute Gasteiger partial charge is 0.220 e. The van der Waals surface area contributed by atoms with Gasteiger partial charge >= 0.3 is 0 Å². The van der Waals surface area contributed by atoms with E-state index in [0.29, 0.717) is 13.0 Å². The molecule has 2 aromatic rings. The number of rotatable bonds is 5. The van der Waals surface area contributed by atoms with Crippen LogP contribution in [0.1, 0.15) is 36.4 Å². The third-order valence-corrected chi connectivity index (χ3v) is 4.55. The maximum atomic E-state index is 12.2. The second kappa shape index (κ2) is 7.64. The molecule has 1 aliphatic heterocycles. The Balaban J connectivity index is 1.54. The molecule has 1 aliphatic rings. The van der Waals surface area contributed by atoms with Gasteiger partial charge in [-0.1, -0.05) is 46.3 Å². The summed E-state index contributed by atoms with van der Waals surface area (Å²) in [6, 6.07) is 16.3. The molecule has 0 saturated heterocycles. The van der Waals surface area contributed by atoms with Crippen LogP contribution in [0.3, 0.4) is 0 Å². The highest BCUT2D eigenvalue weighted by Gasteiger charge is 2.23. The van der Waals surface area contributed by atoms with Crippen molar-refractivity contribution in [1.29, 1.82) is 0 Å². The van der Waals surface area contributed by atoms with E-state index in [1.54, 1.807) is 0 Å². The van der Waals surface area contributed by atoms with Crippen LogP contribution in [-0.2, 0) is 11.2 Å². The number of hydrogen-bond donors (Lipinski definition) is 1. The van der Waals surface area contributed by atoms with Crippen LogP contribution >= 0.6 is 15.9 Å². The molecule has 2 aromatic carbocycles. The second-order valence-electron chi connectivity index (χ2n) is 5.78. The lowest BCUT2D eigenvalue weighted by Gasteiger charge is -2.27.